The fourth-order valence-electron chi connectivity index (χ4n) is 2.62. The van der Waals surface area contributed by atoms with Crippen molar-refractivity contribution in [2.24, 2.45) is 7.05 Å². The van der Waals surface area contributed by atoms with Crippen molar-refractivity contribution in [3.63, 3.8) is 0 Å². The van der Waals surface area contributed by atoms with E-state index in [1.165, 1.54) is 0 Å². The number of pyridine rings is 2. The molecular formula is C17H14BrN7OS. The van der Waals surface area contributed by atoms with Crippen LogP contribution in [0.4, 0.5) is 5.69 Å². The molecule has 0 aromatic carbocycles. The van der Waals surface area contributed by atoms with E-state index in [0.29, 0.717) is 22.1 Å². The van der Waals surface area contributed by atoms with Crippen molar-refractivity contribution in [2.75, 3.05) is 4.72 Å². The molecule has 136 valence electrons. The molecule has 1 unspecified atom stereocenters. The molecule has 0 radical (unpaired) electrons. The minimum absolute atomic E-state index is 0.394. The van der Waals surface area contributed by atoms with E-state index in [0.717, 1.165) is 21.8 Å². The molecule has 0 aliphatic rings. The van der Waals surface area contributed by atoms with E-state index in [1.54, 1.807) is 39.9 Å². The monoisotopic (exact) mass is 443 g/mol. The minimum atomic E-state index is -1.59. The van der Waals surface area contributed by atoms with Crippen LogP contribution in [0.1, 0.15) is 5.69 Å². The summed E-state index contributed by atoms with van der Waals surface area (Å²) in [5.74, 6) is 0. The van der Waals surface area contributed by atoms with Gasteiger partial charge in [0.1, 0.15) is 11.3 Å². The Morgan fingerprint density at radius 1 is 1.19 bits per heavy atom. The van der Waals surface area contributed by atoms with Gasteiger partial charge in [-0.15, -0.1) is 0 Å². The van der Waals surface area contributed by atoms with Gasteiger partial charge in [-0.05, 0) is 34.1 Å². The van der Waals surface area contributed by atoms with Crippen LogP contribution >= 0.6 is 15.9 Å². The molecule has 0 aliphatic carbocycles. The van der Waals surface area contributed by atoms with Crippen molar-refractivity contribution in [3.05, 3.63) is 59.3 Å². The third-order valence-electron chi connectivity index (χ3n) is 3.92. The van der Waals surface area contributed by atoms with Crippen LogP contribution in [0.2, 0.25) is 0 Å². The van der Waals surface area contributed by atoms with Crippen molar-refractivity contribution in [1.82, 2.24) is 24.1 Å². The number of halogens is 1. The lowest BCUT2D eigenvalue weighted by Crippen LogP contribution is -2.10. The minimum Gasteiger partial charge on any atom is -0.306 e. The topological polar surface area (TPSA) is 101 Å². The van der Waals surface area contributed by atoms with Crippen LogP contribution in [0, 0.1) is 5.41 Å². The average Bonchev–Trinajstić information content (AvgIpc) is 3.27. The second-order valence-electron chi connectivity index (χ2n) is 5.75. The SMILES string of the molecule is Cn1cc(-c2cnc(C=N)c(NS(=O)c3cnc4ccc(Br)cn34)c2)cn1. The van der Waals surface area contributed by atoms with Gasteiger partial charge in [0, 0.05) is 47.5 Å². The molecule has 0 bridgehead atoms. The van der Waals surface area contributed by atoms with Crippen molar-refractivity contribution in [3.8, 4) is 11.1 Å². The molecule has 2 N–H and O–H groups in total. The molecular weight excluding hydrogens is 430 g/mol. The lowest BCUT2D eigenvalue weighted by Gasteiger charge is -2.10. The summed E-state index contributed by atoms with van der Waals surface area (Å²) < 4.78 is 20.2. The molecule has 10 heteroatoms. The Balaban J connectivity index is 1.71. The Morgan fingerprint density at radius 2 is 2.04 bits per heavy atom. The number of hydrogen-bond acceptors (Lipinski definition) is 5. The van der Waals surface area contributed by atoms with Gasteiger partial charge >= 0.3 is 0 Å². The molecule has 4 aromatic heterocycles. The van der Waals surface area contributed by atoms with Crippen LogP contribution in [-0.4, -0.2) is 34.6 Å². The highest BCUT2D eigenvalue weighted by atomic mass is 79.9. The molecule has 0 aliphatic heterocycles. The second-order valence-corrected chi connectivity index (χ2v) is 7.82. The van der Waals surface area contributed by atoms with E-state index < -0.39 is 11.0 Å². The van der Waals surface area contributed by atoms with E-state index in [4.69, 9.17) is 5.41 Å². The molecule has 0 saturated carbocycles. The number of aromatic nitrogens is 5. The Labute approximate surface area is 165 Å². The number of hydrogen-bond donors (Lipinski definition) is 2. The lowest BCUT2D eigenvalue weighted by atomic mass is 10.1. The van der Waals surface area contributed by atoms with Crippen LogP contribution < -0.4 is 4.72 Å². The first-order valence-electron chi connectivity index (χ1n) is 7.86. The molecule has 4 heterocycles. The van der Waals surface area contributed by atoms with Gasteiger partial charge < -0.3 is 5.41 Å². The number of fused-ring (bicyclic) bond motifs is 1. The number of nitrogens with one attached hydrogen (secondary N) is 2. The Hall–Kier alpha value is -2.85. The molecule has 27 heavy (non-hydrogen) atoms. The van der Waals surface area contributed by atoms with E-state index in [9.17, 15) is 4.21 Å². The standard InChI is InChI=1S/C17H14BrN7OS/c1-24-9-12(7-22-24)11-4-14(15(5-19)20-6-11)23-27(26)17-8-21-16-3-2-13(18)10-25(16)17/h2-10,19,23H,1H3. The van der Waals surface area contributed by atoms with Gasteiger partial charge in [-0.3, -0.25) is 18.8 Å². The third kappa shape index (κ3) is 3.40. The van der Waals surface area contributed by atoms with Gasteiger partial charge in [0.2, 0.25) is 0 Å². The van der Waals surface area contributed by atoms with Crippen molar-refractivity contribution >= 4 is 44.5 Å². The van der Waals surface area contributed by atoms with Gasteiger partial charge in [-0.25, -0.2) is 9.19 Å². The summed E-state index contributed by atoms with van der Waals surface area (Å²) in [5.41, 5.74) is 3.28. The largest absolute Gasteiger partial charge is 0.306 e. The molecule has 4 rings (SSSR count). The Morgan fingerprint density at radius 3 is 2.78 bits per heavy atom. The van der Waals surface area contributed by atoms with Crippen LogP contribution in [0.3, 0.4) is 0 Å². The molecule has 8 nitrogen and oxygen atoms in total. The quantitative estimate of drug-likeness (QED) is 0.462. The molecule has 0 saturated heterocycles. The van der Waals surface area contributed by atoms with Crippen LogP contribution in [0.15, 0.2) is 58.7 Å². The first-order valence-corrected chi connectivity index (χ1v) is 9.80. The molecule has 0 spiro atoms. The van der Waals surface area contributed by atoms with Gasteiger partial charge in [0.25, 0.3) is 0 Å². The highest BCUT2D eigenvalue weighted by Crippen LogP contribution is 2.24. The molecule has 0 amide bonds. The highest BCUT2D eigenvalue weighted by molar-refractivity contribution is 9.10. The summed E-state index contributed by atoms with van der Waals surface area (Å²) in [6, 6.07) is 5.51. The van der Waals surface area contributed by atoms with Crippen LogP contribution in [-0.2, 0) is 18.0 Å². The maximum Gasteiger partial charge on any atom is 0.169 e. The third-order valence-corrected chi connectivity index (χ3v) is 5.48. The highest BCUT2D eigenvalue weighted by Gasteiger charge is 2.14. The van der Waals surface area contributed by atoms with Crippen molar-refractivity contribution < 1.29 is 4.21 Å². The van der Waals surface area contributed by atoms with Gasteiger partial charge in [-0.1, -0.05) is 0 Å². The van der Waals surface area contributed by atoms with E-state index >= 15 is 0 Å². The zero-order valence-corrected chi connectivity index (χ0v) is 16.5. The fourth-order valence-corrected chi connectivity index (χ4v) is 3.90. The van der Waals surface area contributed by atoms with Gasteiger partial charge in [0.15, 0.2) is 16.0 Å². The van der Waals surface area contributed by atoms with E-state index in [-0.39, 0.29) is 0 Å². The smallest absolute Gasteiger partial charge is 0.169 e. The number of imidazole rings is 1. The first kappa shape index (κ1) is 17.6. The van der Waals surface area contributed by atoms with Gasteiger partial charge in [-0.2, -0.15) is 5.10 Å². The summed E-state index contributed by atoms with van der Waals surface area (Å²) in [5, 5.41) is 12.2. The number of aryl methyl sites for hydroxylation is 1. The second kappa shape index (κ2) is 7.05. The predicted molar refractivity (Wildman–Crippen MR) is 107 cm³/mol. The van der Waals surface area contributed by atoms with E-state index in [2.05, 4.69) is 35.7 Å². The summed E-state index contributed by atoms with van der Waals surface area (Å²) in [4.78, 5) is 8.56. The number of anilines is 1. The Bertz CT molecular complexity index is 1180. The maximum absolute atomic E-state index is 12.9. The molecule has 0 fully saturated rings. The van der Waals surface area contributed by atoms with Crippen molar-refractivity contribution in [1.29, 1.82) is 5.41 Å². The van der Waals surface area contributed by atoms with E-state index in [1.807, 2.05) is 25.4 Å². The lowest BCUT2D eigenvalue weighted by molar-refractivity contribution is 0.682. The zero-order valence-electron chi connectivity index (χ0n) is 14.1. The zero-order chi connectivity index (χ0) is 19.0. The van der Waals surface area contributed by atoms with Crippen LogP contribution in [0.25, 0.3) is 16.8 Å². The normalized spacial score (nSPS) is 12.2. The average molecular weight is 444 g/mol. The maximum atomic E-state index is 12.9. The van der Waals surface area contributed by atoms with Gasteiger partial charge in [0.05, 0.1) is 18.1 Å². The number of rotatable bonds is 5. The molecule has 1 atom stereocenters. The summed E-state index contributed by atoms with van der Waals surface area (Å²) in [6.07, 6.45) is 9.74. The summed E-state index contributed by atoms with van der Waals surface area (Å²) in [7, 11) is 0.241. The fraction of sp³-hybridized carbons (Fsp3) is 0.0588. The molecule has 4 aromatic rings. The van der Waals surface area contributed by atoms with Crippen molar-refractivity contribution in [2.45, 2.75) is 5.03 Å². The summed E-state index contributed by atoms with van der Waals surface area (Å²) >= 11 is 3.41. The number of nitrogens with zero attached hydrogens (tertiary/aromatic N) is 5. The Kier molecular flexibility index (Phi) is 4.58. The predicted octanol–water partition coefficient (Wildman–Crippen LogP) is 3.02. The summed E-state index contributed by atoms with van der Waals surface area (Å²) in [6.45, 7) is 0. The van der Waals surface area contributed by atoms with Crippen LogP contribution in [0.5, 0.6) is 0 Å². The first-order chi connectivity index (χ1) is 13.0.